The Morgan fingerprint density at radius 1 is 1.07 bits per heavy atom. The van der Waals surface area contributed by atoms with Crippen molar-refractivity contribution in [2.75, 3.05) is 0 Å². The van der Waals surface area contributed by atoms with E-state index in [4.69, 9.17) is 0 Å². The predicted molar refractivity (Wildman–Crippen MR) is 50.3 cm³/mol. The van der Waals surface area contributed by atoms with Gasteiger partial charge < -0.3 is 4.74 Å². The van der Waals surface area contributed by atoms with E-state index >= 15 is 0 Å². The van der Waals surface area contributed by atoms with E-state index in [1.807, 2.05) is 0 Å². The minimum Gasteiger partial charge on any atom is -0.393 e. The van der Waals surface area contributed by atoms with E-state index in [-0.39, 0.29) is 17.9 Å². The van der Waals surface area contributed by atoms with Gasteiger partial charge in [0.25, 0.3) is 0 Å². The molecular weight excluding hydrogens is 180 g/mol. The van der Waals surface area contributed by atoms with Crippen molar-refractivity contribution in [2.45, 2.75) is 32.1 Å². The third-order valence-electron chi connectivity index (χ3n) is 3.06. The molecule has 0 saturated carbocycles. The Hall–Kier alpha value is -1.12. The van der Waals surface area contributed by atoms with E-state index in [9.17, 15) is 9.59 Å². The molecule has 0 radical (unpaired) electrons. The van der Waals surface area contributed by atoms with E-state index in [2.05, 4.69) is 16.9 Å². The molecule has 76 valence electrons. The Balaban J connectivity index is 1.99. The SMILES string of the molecule is O=C1CC(C2CC=CCC2)CC(=O)O1. The number of carbonyl (C=O) groups is 2. The van der Waals surface area contributed by atoms with Crippen LogP contribution in [0.4, 0.5) is 0 Å². The molecule has 1 heterocycles. The fourth-order valence-corrected chi connectivity index (χ4v) is 2.29. The van der Waals surface area contributed by atoms with Crippen LogP contribution in [0.3, 0.4) is 0 Å². The summed E-state index contributed by atoms with van der Waals surface area (Å²) in [6.45, 7) is 0. The van der Waals surface area contributed by atoms with Crippen molar-refractivity contribution in [1.82, 2.24) is 0 Å². The summed E-state index contributed by atoms with van der Waals surface area (Å²) in [6, 6.07) is 0. The lowest BCUT2D eigenvalue weighted by molar-refractivity contribution is -0.166. The number of hydrogen-bond acceptors (Lipinski definition) is 3. The van der Waals surface area contributed by atoms with Gasteiger partial charge in [-0.05, 0) is 31.1 Å². The molecule has 2 rings (SSSR count). The zero-order chi connectivity index (χ0) is 9.97. The molecule has 0 spiro atoms. The Morgan fingerprint density at radius 3 is 2.36 bits per heavy atom. The van der Waals surface area contributed by atoms with Crippen LogP contribution in [0.1, 0.15) is 32.1 Å². The number of cyclic esters (lactones) is 2. The summed E-state index contributed by atoms with van der Waals surface area (Å²) in [7, 11) is 0. The minimum absolute atomic E-state index is 0.216. The van der Waals surface area contributed by atoms with Gasteiger partial charge in [-0.15, -0.1) is 0 Å². The minimum atomic E-state index is -0.346. The van der Waals surface area contributed by atoms with Crippen molar-refractivity contribution >= 4 is 11.9 Å². The maximum atomic E-state index is 11.1. The van der Waals surface area contributed by atoms with Crippen molar-refractivity contribution in [2.24, 2.45) is 11.8 Å². The molecule has 1 atom stereocenters. The molecule has 14 heavy (non-hydrogen) atoms. The van der Waals surface area contributed by atoms with Crippen LogP contribution in [0.15, 0.2) is 12.2 Å². The summed E-state index contributed by atoms with van der Waals surface area (Å²) in [5.41, 5.74) is 0. The highest BCUT2D eigenvalue weighted by molar-refractivity contribution is 5.88. The predicted octanol–water partition coefficient (Wildman–Crippen LogP) is 1.82. The molecule has 0 N–H and O–H groups in total. The van der Waals surface area contributed by atoms with Crippen molar-refractivity contribution in [3.63, 3.8) is 0 Å². The molecule has 1 saturated heterocycles. The van der Waals surface area contributed by atoms with E-state index in [1.165, 1.54) is 0 Å². The van der Waals surface area contributed by atoms with Crippen LogP contribution in [0.25, 0.3) is 0 Å². The highest BCUT2D eigenvalue weighted by Crippen LogP contribution is 2.33. The molecule has 0 aromatic rings. The highest BCUT2D eigenvalue weighted by Gasteiger charge is 2.32. The molecule has 0 aromatic carbocycles. The summed E-state index contributed by atoms with van der Waals surface area (Å²) in [5, 5.41) is 0. The molecule has 1 aliphatic carbocycles. The van der Waals surface area contributed by atoms with Crippen LogP contribution >= 0.6 is 0 Å². The summed E-state index contributed by atoms with van der Waals surface area (Å²) in [4.78, 5) is 22.1. The number of esters is 2. The standard InChI is InChI=1S/C11H14O3/c12-10-6-9(7-11(13)14-10)8-4-2-1-3-5-8/h1-2,8-9H,3-7H2. The number of carbonyl (C=O) groups excluding carboxylic acids is 2. The van der Waals surface area contributed by atoms with Crippen molar-refractivity contribution in [1.29, 1.82) is 0 Å². The van der Waals surface area contributed by atoms with Gasteiger partial charge in [-0.1, -0.05) is 12.2 Å². The highest BCUT2D eigenvalue weighted by atomic mass is 16.6. The van der Waals surface area contributed by atoms with Gasteiger partial charge in [0.1, 0.15) is 0 Å². The maximum Gasteiger partial charge on any atom is 0.313 e. The molecule has 1 aliphatic heterocycles. The van der Waals surface area contributed by atoms with Crippen LogP contribution < -0.4 is 0 Å². The molecule has 0 amide bonds. The molecule has 3 nitrogen and oxygen atoms in total. The third-order valence-corrected chi connectivity index (χ3v) is 3.06. The zero-order valence-corrected chi connectivity index (χ0v) is 8.07. The number of ether oxygens (including phenoxy) is 1. The molecule has 0 aromatic heterocycles. The van der Waals surface area contributed by atoms with Gasteiger partial charge in [-0.2, -0.15) is 0 Å². The largest absolute Gasteiger partial charge is 0.393 e. The third kappa shape index (κ3) is 2.03. The number of allylic oxidation sites excluding steroid dienone is 2. The maximum absolute atomic E-state index is 11.1. The monoisotopic (exact) mass is 194 g/mol. The van der Waals surface area contributed by atoms with Gasteiger partial charge in [-0.25, -0.2) is 0 Å². The molecule has 2 aliphatic rings. The summed E-state index contributed by atoms with van der Waals surface area (Å²) >= 11 is 0. The van der Waals surface area contributed by atoms with Crippen LogP contribution in [-0.2, 0) is 14.3 Å². The normalized spacial score (nSPS) is 29.0. The second-order valence-corrected chi connectivity index (χ2v) is 4.06. The quantitative estimate of drug-likeness (QED) is 0.363. The van der Waals surface area contributed by atoms with Gasteiger partial charge in [0, 0.05) is 12.8 Å². The lowest BCUT2D eigenvalue weighted by atomic mass is 9.79. The van der Waals surface area contributed by atoms with Crippen molar-refractivity contribution in [3.8, 4) is 0 Å². The second-order valence-electron chi connectivity index (χ2n) is 4.06. The Morgan fingerprint density at radius 2 is 1.79 bits per heavy atom. The smallest absolute Gasteiger partial charge is 0.313 e. The molecular formula is C11H14O3. The van der Waals surface area contributed by atoms with Gasteiger partial charge in [0.15, 0.2) is 0 Å². The first kappa shape index (κ1) is 9.44. The van der Waals surface area contributed by atoms with E-state index < -0.39 is 0 Å². The first-order valence-electron chi connectivity index (χ1n) is 5.14. The Kier molecular flexibility index (Phi) is 2.66. The lowest BCUT2D eigenvalue weighted by Gasteiger charge is -2.29. The lowest BCUT2D eigenvalue weighted by Crippen LogP contribution is -2.30. The zero-order valence-electron chi connectivity index (χ0n) is 8.07. The molecule has 1 unspecified atom stereocenters. The van der Waals surface area contributed by atoms with Crippen LogP contribution in [-0.4, -0.2) is 11.9 Å². The average molecular weight is 194 g/mol. The van der Waals surface area contributed by atoms with Crippen LogP contribution in [0.2, 0.25) is 0 Å². The van der Waals surface area contributed by atoms with Crippen LogP contribution in [0, 0.1) is 11.8 Å². The fraction of sp³-hybridized carbons (Fsp3) is 0.636. The molecule has 0 bridgehead atoms. The number of hydrogen-bond donors (Lipinski definition) is 0. The van der Waals surface area contributed by atoms with Gasteiger partial charge in [0.2, 0.25) is 0 Å². The average Bonchev–Trinajstić information content (AvgIpc) is 2.18. The summed E-state index contributed by atoms with van der Waals surface area (Å²) in [5.74, 6) is 0.0205. The topological polar surface area (TPSA) is 43.4 Å². The van der Waals surface area contributed by atoms with Crippen molar-refractivity contribution in [3.05, 3.63) is 12.2 Å². The number of rotatable bonds is 1. The summed E-state index contributed by atoms with van der Waals surface area (Å²) in [6.07, 6.45) is 8.34. The Labute approximate surface area is 83.1 Å². The molecule has 3 heteroatoms. The van der Waals surface area contributed by atoms with Gasteiger partial charge >= 0.3 is 11.9 Å². The van der Waals surface area contributed by atoms with E-state index in [0.29, 0.717) is 18.8 Å². The fourth-order valence-electron chi connectivity index (χ4n) is 2.29. The first-order chi connectivity index (χ1) is 6.75. The van der Waals surface area contributed by atoms with E-state index in [0.717, 1.165) is 19.3 Å². The van der Waals surface area contributed by atoms with Gasteiger partial charge in [-0.3, -0.25) is 9.59 Å². The van der Waals surface area contributed by atoms with Crippen molar-refractivity contribution < 1.29 is 14.3 Å². The Bertz CT molecular complexity index is 264. The van der Waals surface area contributed by atoms with Crippen LogP contribution in [0.5, 0.6) is 0 Å². The molecule has 1 fully saturated rings. The first-order valence-corrected chi connectivity index (χ1v) is 5.14. The van der Waals surface area contributed by atoms with E-state index in [1.54, 1.807) is 0 Å². The van der Waals surface area contributed by atoms with Gasteiger partial charge in [0.05, 0.1) is 0 Å². The second kappa shape index (κ2) is 3.95. The summed E-state index contributed by atoms with van der Waals surface area (Å²) < 4.78 is 4.51.